The van der Waals surface area contributed by atoms with Crippen LogP contribution in [0.15, 0.2) is 35.3 Å². The highest BCUT2D eigenvalue weighted by Gasteiger charge is 2.16. The molecule has 122 valence electrons. The van der Waals surface area contributed by atoms with Gasteiger partial charge < -0.3 is 15.8 Å². The predicted octanol–water partition coefficient (Wildman–Crippen LogP) is 3.09. The SMILES string of the molecule is C[C@@H](CNC(=O)OC(C)(C)C)CC(N)=NCc1ccccc1. The van der Waals surface area contributed by atoms with Crippen molar-refractivity contribution in [2.75, 3.05) is 6.54 Å². The maximum Gasteiger partial charge on any atom is 0.407 e. The number of nitrogens with two attached hydrogens (primary N) is 1. The summed E-state index contributed by atoms with van der Waals surface area (Å²) in [6.45, 7) is 8.62. The molecule has 0 saturated heterocycles. The van der Waals surface area contributed by atoms with Crippen molar-refractivity contribution in [3.63, 3.8) is 0 Å². The molecule has 0 bridgehead atoms. The highest BCUT2D eigenvalue weighted by molar-refractivity contribution is 5.80. The molecule has 0 fully saturated rings. The highest BCUT2D eigenvalue weighted by Crippen LogP contribution is 2.07. The number of amidine groups is 1. The molecule has 3 N–H and O–H groups in total. The van der Waals surface area contributed by atoms with Crippen LogP contribution in [0.25, 0.3) is 0 Å². The quantitative estimate of drug-likeness (QED) is 0.626. The summed E-state index contributed by atoms with van der Waals surface area (Å²) in [5.41, 5.74) is 6.58. The molecule has 1 aromatic carbocycles. The summed E-state index contributed by atoms with van der Waals surface area (Å²) in [5, 5.41) is 2.75. The molecule has 0 aliphatic carbocycles. The van der Waals surface area contributed by atoms with Gasteiger partial charge in [-0.15, -0.1) is 0 Å². The molecule has 1 amide bonds. The Balaban J connectivity index is 2.32. The number of carbonyl (C=O) groups is 1. The standard InChI is InChI=1S/C17H27N3O2/c1-13(11-20-16(21)22-17(2,3)4)10-15(18)19-12-14-8-6-5-7-9-14/h5-9,13H,10-12H2,1-4H3,(H2,18,19)(H,20,21)/t13-/m1/s1. The lowest BCUT2D eigenvalue weighted by Gasteiger charge is -2.20. The molecule has 0 unspecified atom stereocenters. The van der Waals surface area contributed by atoms with E-state index in [1.54, 1.807) is 0 Å². The third kappa shape index (κ3) is 8.29. The van der Waals surface area contributed by atoms with Crippen molar-refractivity contribution in [1.82, 2.24) is 5.32 Å². The zero-order chi connectivity index (χ0) is 16.6. The molecule has 1 rings (SSSR count). The summed E-state index contributed by atoms with van der Waals surface area (Å²) in [6, 6.07) is 9.97. The number of benzene rings is 1. The van der Waals surface area contributed by atoms with Crippen LogP contribution in [-0.2, 0) is 11.3 Å². The maximum atomic E-state index is 11.6. The number of nitrogens with zero attached hydrogens (tertiary/aromatic N) is 1. The average Bonchev–Trinajstić information content (AvgIpc) is 2.42. The normalized spacial score (nSPS) is 13.5. The third-order valence-electron chi connectivity index (χ3n) is 2.86. The Labute approximate surface area is 133 Å². The third-order valence-corrected chi connectivity index (χ3v) is 2.86. The first-order valence-electron chi connectivity index (χ1n) is 7.56. The zero-order valence-corrected chi connectivity index (χ0v) is 13.9. The summed E-state index contributed by atoms with van der Waals surface area (Å²) in [5.74, 6) is 0.800. The summed E-state index contributed by atoms with van der Waals surface area (Å²) >= 11 is 0. The predicted molar refractivity (Wildman–Crippen MR) is 89.8 cm³/mol. The van der Waals surface area contributed by atoms with E-state index >= 15 is 0 Å². The molecule has 5 heteroatoms. The van der Waals surface area contributed by atoms with Crippen molar-refractivity contribution < 1.29 is 9.53 Å². The summed E-state index contributed by atoms with van der Waals surface area (Å²) in [6.07, 6.45) is 0.238. The van der Waals surface area contributed by atoms with Crippen molar-refractivity contribution in [3.05, 3.63) is 35.9 Å². The van der Waals surface area contributed by atoms with Gasteiger partial charge in [-0.25, -0.2) is 4.79 Å². The smallest absolute Gasteiger partial charge is 0.407 e. The average molecular weight is 305 g/mol. The minimum absolute atomic E-state index is 0.201. The molecule has 1 atom stereocenters. The van der Waals surface area contributed by atoms with E-state index in [1.165, 1.54) is 0 Å². The zero-order valence-electron chi connectivity index (χ0n) is 13.9. The molecular formula is C17H27N3O2. The van der Waals surface area contributed by atoms with Gasteiger partial charge in [0.2, 0.25) is 0 Å². The molecule has 0 aromatic heterocycles. The van der Waals surface area contributed by atoms with Gasteiger partial charge in [-0.3, -0.25) is 4.99 Å². The van der Waals surface area contributed by atoms with E-state index < -0.39 is 11.7 Å². The van der Waals surface area contributed by atoms with Crippen LogP contribution in [0.5, 0.6) is 0 Å². The Bertz CT molecular complexity index is 492. The minimum atomic E-state index is -0.483. The first kappa shape index (κ1) is 18.0. The number of aliphatic imine (C=N–C) groups is 1. The van der Waals surface area contributed by atoms with E-state index in [-0.39, 0.29) is 5.92 Å². The Morgan fingerprint density at radius 1 is 1.32 bits per heavy atom. The fourth-order valence-electron chi connectivity index (χ4n) is 1.84. The van der Waals surface area contributed by atoms with Gasteiger partial charge in [0.15, 0.2) is 0 Å². The molecule has 0 saturated carbocycles. The molecular weight excluding hydrogens is 278 g/mol. The fraction of sp³-hybridized carbons (Fsp3) is 0.529. The van der Waals surface area contributed by atoms with E-state index in [0.717, 1.165) is 5.56 Å². The summed E-state index contributed by atoms with van der Waals surface area (Å²) in [4.78, 5) is 15.9. The number of ether oxygens (including phenoxy) is 1. The van der Waals surface area contributed by atoms with Gasteiger partial charge in [0, 0.05) is 13.0 Å². The molecule has 0 heterocycles. The van der Waals surface area contributed by atoms with Crippen molar-refractivity contribution in [2.24, 2.45) is 16.6 Å². The van der Waals surface area contributed by atoms with Crippen LogP contribution in [0.4, 0.5) is 4.79 Å². The van der Waals surface area contributed by atoms with Crippen LogP contribution in [-0.4, -0.2) is 24.1 Å². The van der Waals surface area contributed by atoms with E-state index in [4.69, 9.17) is 10.5 Å². The summed E-state index contributed by atoms with van der Waals surface area (Å²) < 4.78 is 5.19. The molecule has 5 nitrogen and oxygen atoms in total. The van der Waals surface area contributed by atoms with Crippen LogP contribution in [0, 0.1) is 5.92 Å². The lowest BCUT2D eigenvalue weighted by molar-refractivity contribution is 0.0521. The Morgan fingerprint density at radius 3 is 2.55 bits per heavy atom. The molecule has 22 heavy (non-hydrogen) atoms. The molecule has 1 aromatic rings. The van der Waals surface area contributed by atoms with E-state index in [2.05, 4.69) is 10.3 Å². The second kappa shape index (κ2) is 8.41. The molecule has 0 aliphatic rings. The van der Waals surface area contributed by atoms with Crippen LogP contribution >= 0.6 is 0 Å². The van der Waals surface area contributed by atoms with E-state index in [0.29, 0.717) is 25.3 Å². The first-order chi connectivity index (χ1) is 10.3. The number of nitrogens with one attached hydrogen (secondary N) is 1. The van der Waals surface area contributed by atoms with Crippen LogP contribution < -0.4 is 11.1 Å². The maximum absolute atomic E-state index is 11.6. The van der Waals surface area contributed by atoms with Gasteiger partial charge in [0.05, 0.1) is 12.4 Å². The Hall–Kier alpha value is -2.04. The lowest BCUT2D eigenvalue weighted by atomic mass is 10.1. The fourth-order valence-corrected chi connectivity index (χ4v) is 1.84. The van der Waals surface area contributed by atoms with E-state index in [1.807, 2.05) is 58.0 Å². The molecule has 0 spiro atoms. The topological polar surface area (TPSA) is 76.7 Å². The number of hydrogen-bond acceptors (Lipinski definition) is 3. The Kier molecular flexibility index (Phi) is 6.89. The van der Waals surface area contributed by atoms with Crippen molar-refractivity contribution >= 4 is 11.9 Å². The van der Waals surface area contributed by atoms with Gasteiger partial charge >= 0.3 is 6.09 Å². The van der Waals surface area contributed by atoms with Gasteiger partial charge in [-0.1, -0.05) is 37.3 Å². The van der Waals surface area contributed by atoms with Crippen LogP contribution in [0.2, 0.25) is 0 Å². The van der Waals surface area contributed by atoms with Gasteiger partial charge in [-0.05, 0) is 32.3 Å². The molecule has 0 aliphatic heterocycles. The number of hydrogen-bond donors (Lipinski definition) is 2. The summed E-state index contributed by atoms with van der Waals surface area (Å²) in [7, 11) is 0. The second-order valence-electron chi connectivity index (χ2n) is 6.49. The number of alkyl carbamates (subject to hydrolysis) is 1. The van der Waals surface area contributed by atoms with Crippen molar-refractivity contribution in [1.29, 1.82) is 0 Å². The first-order valence-corrected chi connectivity index (χ1v) is 7.56. The highest BCUT2D eigenvalue weighted by atomic mass is 16.6. The van der Waals surface area contributed by atoms with Crippen molar-refractivity contribution in [3.8, 4) is 0 Å². The number of carbonyl (C=O) groups excluding carboxylic acids is 1. The molecule has 0 radical (unpaired) electrons. The Morgan fingerprint density at radius 2 is 1.95 bits per heavy atom. The van der Waals surface area contributed by atoms with Gasteiger partial charge in [0.25, 0.3) is 0 Å². The van der Waals surface area contributed by atoms with E-state index in [9.17, 15) is 4.79 Å². The van der Waals surface area contributed by atoms with Gasteiger partial charge in [0.1, 0.15) is 5.60 Å². The monoisotopic (exact) mass is 305 g/mol. The second-order valence-corrected chi connectivity index (χ2v) is 6.49. The van der Waals surface area contributed by atoms with Crippen molar-refractivity contribution in [2.45, 2.75) is 46.3 Å². The minimum Gasteiger partial charge on any atom is -0.444 e. The van der Waals surface area contributed by atoms with Crippen LogP contribution in [0.1, 0.15) is 39.7 Å². The largest absolute Gasteiger partial charge is 0.444 e. The van der Waals surface area contributed by atoms with Gasteiger partial charge in [-0.2, -0.15) is 0 Å². The number of rotatable bonds is 6. The van der Waals surface area contributed by atoms with Crippen LogP contribution in [0.3, 0.4) is 0 Å². The number of amides is 1. The lowest BCUT2D eigenvalue weighted by Crippen LogP contribution is -2.35.